The van der Waals surface area contributed by atoms with E-state index in [9.17, 15) is 4.39 Å². The van der Waals surface area contributed by atoms with Gasteiger partial charge in [-0.1, -0.05) is 48.9 Å². The minimum Gasteiger partial charge on any atom is -0.359 e. The average molecular weight is 316 g/mol. The van der Waals surface area contributed by atoms with Crippen LogP contribution >= 0.6 is 12.2 Å². The van der Waals surface area contributed by atoms with E-state index in [1.165, 1.54) is 23.3 Å². The molecule has 0 bridgehead atoms. The molecule has 22 heavy (non-hydrogen) atoms. The molecular weight excluding hydrogens is 295 g/mol. The van der Waals surface area contributed by atoms with Crippen LogP contribution in [0.3, 0.4) is 0 Å². The van der Waals surface area contributed by atoms with E-state index in [1.807, 2.05) is 0 Å². The number of nitrogens with one attached hydrogen (secondary N) is 2. The topological polar surface area (TPSA) is 24.1 Å². The van der Waals surface area contributed by atoms with Crippen LogP contribution in [0.15, 0.2) is 48.5 Å². The van der Waals surface area contributed by atoms with Gasteiger partial charge in [-0.15, -0.1) is 0 Å². The fourth-order valence-corrected chi connectivity index (χ4v) is 2.43. The number of aryl methyl sites for hydroxylation is 1. The number of hydrogen-bond donors (Lipinski definition) is 2. The van der Waals surface area contributed by atoms with Crippen molar-refractivity contribution >= 4 is 17.3 Å². The van der Waals surface area contributed by atoms with Crippen molar-refractivity contribution in [3.63, 3.8) is 0 Å². The summed E-state index contributed by atoms with van der Waals surface area (Å²) in [6.45, 7) is 4.78. The van der Waals surface area contributed by atoms with Crippen molar-refractivity contribution < 1.29 is 4.39 Å². The Bertz CT molecular complexity index is 608. The van der Waals surface area contributed by atoms with E-state index in [-0.39, 0.29) is 11.9 Å². The maximum Gasteiger partial charge on any atom is 0.167 e. The molecule has 2 rings (SSSR count). The van der Waals surface area contributed by atoms with Crippen molar-refractivity contribution in [2.75, 3.05) is 0 Å². The molecule has 2 aromatic carbocycles. The van der Waals surface area contributed by atoms with Crippen LogP contribution < -0.4 is 10.6 Å². The molecule has 0 heterocycles. The van der Waals surface area contributed by atoms with E-state index in [4.69, 9.17) is 12.2 Å². The molecule has 0 aromatic heterocycles. The van der Waals surface area contributed by atoms with Gasteiger partial charge in [-0.2, -0.15) is 0 Å². The lowest BCUT2D eigenvalue weighted by molar-refractivity contribution is 0.615. The van der Waals surface area contributed by atoms with Crippen LogP contribution in [0.2, 0.25) is 0 Å². The molecule has 0 radical (unpaired) electrons. The number of benzene rings is 2. The predicted octanol–water partition coefficient (Wildman–Crippen LogP) is 4.25. The van der Waals surface area contributed by atoms with Gasteiger partial charge in [0.15, 0.2) is 5.11 Å². The summed E-state index contributed by atoms with van der Waals surface area (Å²) >= 11 is 5.35. The first-order valence-corrected chi connectivity index (χ1v) is 7.84. The van der Waals surface area contributed by atoms with Crippen LogP contribution in [0.4, 0.5) is 4.39 Å². The Morgan fingerprint density at radius 3 is 2.32 bits per heavy atom. The highest BCUT2D eigenvalue weighted by molar-refractivity contribution is 7.80. The summed E-state index contributed by atoms with van der Waals surface area (Å²) < 4.78 is 12.9. The van der Waals surface area contributed by atoms with Crippen LogP contribution in [-0.2, 0) is 6.54 Å². The Balaban J connectivity index is 1.89. The summed E-state index contributed by atoms with van der Waals surface area (Å²) in [5.41, 5.74) is 3.46. The Morgan fingerprint density at radius 2 is 1.73 bits per heavy atom. The molecule has 1 atom stereocenters. The second kappa shape index (κ2) is 7.90. The zero-order valence-electron chi connectivity index (χ0n) is 12.9. The number of hydrogen-bond acceptors (Lipinski definition) is 1. The van der Waals surface area contributed by atoms with Gasteiger partial charge in [-0.05, 0) is 48.8 Å². The van der Waals surface area contributed by atoms with Gasteiger partial charge in [0.05, 0.1) is 6.04 Å². The van der Waals surface area contributed by atoms with E-state index in [2.05, 4.69) is 48.7 Å². The first-order valence-electron chi connectivity index (χ1n) is 7.44. The molecule has 0 aliphatic rings. The molecule has 0 fully saturated rings. The van der Waals surface area contributed by atoms with Gasteiger partial charge in [0, 0.05) is 6.54 Å². The predicted molar refractivity (Wildman–Crippen MR) is 93.2 cm³/mol. The standard InChI is InChI=1S/C18H21FN2S/c1-3-17(15-8-4-13(2)5-9-15)21-18(22)20-12-14-6-10-16(19)11-7-14/h4-11,17H,3,12H2,1-2H3,(H2,20,21,22)/t17-/m0/s1. The molecule has 0 amide bonds. The molecule has 2 N–H and O–H groups in total. The lowest BCUT2D eigenvalue weighted by Gasteiger charge is -2.20. The first-order chi connectivity index (χ1) is 10.6. The lowest BCUT2D eigenvalue weighted by atomic mass is 10.0. The smallest absolute Gasteiger partial charge is 0.167 e. The van der Waals surface area contributed by atoms with Crippen LogP contribution in [-0.4, -0.2) is 5.11 Å². The summed E-state index contributed by atoms with van der Waals surface area (Å²) in [4.78, 5) is 0. The molecule has 2 nitrogen and oxygen atoms in total. The average Bonchev–Trinajstić information content (AvgIpc) is 2.53. The lowest BCUT2D eigenvalue weighted by Crippen LogP contribution is -2.37. The third-order valence-electron chi connectivity index (χ3n) is 3.56. The van der Waals surface area contributed by atoms with Crippen molar-refractivity contribution in [1.29, 1.82) is 0 Å². The fraction of sp³-hybridized carbons (Fsp3) is 0.278. The van der Waals surface area contributed by atoms with E-state index in [1.54, 1.807) is 12.1 Å². The van der Waals surface area contributed by atoms with Crippen molar-refractivity contribution in [2.45, 2.75) is 32.9 Å². The van der Waals surface area contributed by atoms with Gasteiger partial charge in [-0.3, -0.25) is 0 Å². The van der Waals surface area contributed by atoms with E-state index < -0.39 is 0 Å². The van der Waals surface area contributed by atoms with Crippen LogP contribution in [0, 0.1) is 12.7 Å². The molecule has 2 aromatic rings. The zero-order valence-corrected chi connectivity index (χ0v) is 13.7. The highest BCUT2D eigenvalue weighted by atomic mass is 32.1. The normalized spacial score (nSPS) is 11.8. The first kappa shape index (κ1) is 16.4. The minimum absolute atomic E-state index is 0.189. The third kappa shape index (κ3) is 4.81. The summed E-state index contributed by atoms with van der Waals surface area (Å²) in [5.74, 6) is -0.227. The zero-order chi connectivity index (χ0) is 15.9. The Labute approximate surface area is 136 Å². The van der Waals surface area contributed by atoms with Gasteiger partial charge in [0.2, 0.25) is 0 Å². The van der Waals surface area contributed by atoms with Crippen molar-refractivity contribution in [3.8, 4) is 0 Å². The number of rotatable bonds is 5. The molecule has 0 unspecified atom stereocenters. The van der Waals surface area contributed by atoms with Gasteiger partial charge < -0.3 is 10.6 Å². The second-order valence-corrected chi connectivity index (χ2v) is 5.73. The van der Waals surface area contributed by atoms with Gasteiger partial charge in [0.25, 0.3) is 0 Å². The minimum atomic E-state index is -0.227. The van der Waals surface area contributed by atoms with E-state index in [0.29, 0.717) is 11.7 Å². The summed E-state index contributed by atoms with van der Waals surface area (Å²) in [6.07, 6.45) is 0.946. The van der Waals surface area contributed by atoms with Gasteiger partial charge in [0.1, 0.15) is 5.82 Å². The summed E-state index contributed by atoms with van der Waals surface area (Å²) in [7, 11) is 0. The maximum absolute atomic E-state index is 12.9. The monoisotopic (exact) mass is 316 g/mol. The summed E-state index contributed by atoms with van der Waals surface area (Å²) in [5, 5.41) is 7.10. The molecule has 4 heteroatoms. The maximum atomic E-state index is 12.9. The largest absolute Gasteiger partial charge is 0.359 e. The second-order valence-electron chi connectivity index (χ2n) is 5.32. The molecule has 0 aliphatic heterocycles. The van der Waals surface area contributed by atoms with Crippen molar-refractivity contribution in [3.05, 3.63) is 71.0 Å². The fourth-order valence-electron chi connectivity index (χ4n) is 2.21. The molecular formula is C18H21FN2S. The van der Waals surface area contributed by atoms with E-state index in [0.717, 1.165) is 12.0 Å². The summed E-state index contributed by atoms with van der Waals surface area (Å²) in [6, 6.07) is 15.1. The van der Waals surface area contributed by atoms with Crippen LogP contribution in [0.1, 0.15) is 36.1 Å². The highest BCUT2D eigenvalue weighted by Crippen LogP contribution is 2.17. The van der Waals surface area contributed by atoms with Crippen molar-refractivity contribution in [1.82, 2.24) is 10.6 Å². The van der Waals surface area contributed by atoms with Gasteiger partial charge in [-0.25, -0.2) is 4.39 Å². The quantitative estimate of drug-likeness (QED) is 0.806. The molecule has 0 aliphatic carbocycles. The Hall–Kier alpha value is -1.94. The van der Waals surface area contributed by atoms with Crippen LogP contribution in [0.5, 0.6) is 0 Å². The molecule has 0 saturated heterocycles. The Morgan fingerprint density at radius 1 is 1.09 bits per heavy atom. The van der Waals surface area contributed by atoms with E-state index >= 15 is 0 Å². The molecule has 116 valence electrons. The highest BCUT2D eigenvalue weighted by Gasteiger charge is 2.10. The van der Waals surface area contributed by atoms with Gasteiger partial charge >= 0.3 is 0 Å². The SMILES string of the molecule is CC[C@H](NC(=S)NCc1ccc(F)cc1)c1ccc(C)cc1. The Kier molecular flexibility index (Phi) is 5.90. The molecule has 0 spiro atoms. The number of halogens is 1. The van der Waals surface area contributed by atoms with Crippen molar-refractivity contribution in [2.24, 2.45) is 0 Å². The molecule has 0 saturated carbocycles. The van der Waals surface area contributed by atoms with Crippen LogP contribution in [0.25, 0.3) is 0 Å². The number of thiocarbonyl (C=S) groups is 1. The third-order valence-corrected chi connectivity index (χ3v) is 3.82.